The predicted molar refractivity (Wildman–Crippen MR) is 77.3 cm³/mol. The lowest BCUT2D eigenvalue weighted by molar-refractivity contribution is 0.0767. The van der Waals surface area contributed by atoms with Gasteiger partial charge in [-0.3, -0.25) is 9.78 Å². The van der Waals surface area contributed by atoms with Crippen molar-refractivity contribution in [3.8, 4) is 0 Å². The number of rotatable bonds is 6. The van der Waals surface area contributed by atoms with Crippen molar-refractivity contribution in [3.63, 3.8) is 0 Å². The van der Waals surface area contributed by atoms with Crippen molar-refractivity contribution in [2.75, 3.05) is 25.0 Å². The molecule has 2 rings (SSSR count). The predicted octanol–water partition coefficient (Wildman–Crippen LogP) is 2.78. The summed E-state index contributed by atoms with van der Waals surface area (Å²) in [5, 5.41) is 3.41. The fraction of sp³-hybridized carbons (Fsp3) is 0.600. The minimum Gasteiger partial charge on any atom is -0.385 e. The molecule has 0 bridgehead atoms. The van der Waals surface area contributed by atoms with E-state index in [1.54, 1.807) is 11.1 Å². The van der Waals surface area contributed by atoms with Gasteiger partial charge in [-0.25, -0.2) is 0 Å². The molecule has 0 atom stereocenters. The highest BCUT2D eigenvalue weighted by Gasteiger charge is 2.17. The largest absolute Gasteiger partial charge is 0.385 e. The Morgan fingerprint density at radius 3 is 2.74 bits per heavy atom. The number of hydrogen-bond donors (Lipinski definition) is 1. The summed E-state index contributed by atoms with van der Waals surface area (Å²) < 4.78 is 0. The second kappa shape index (κ2) is 6.55. The van der Waals surface area contributed by atoms with Crippen LogP contribution in [-0.4, -0.2) is 35.4 Å². The molecule has 0 radical (unpaired) electrons. The Labute approximate surface area is 115 Å². The van der Waals surface area contributed by atoms with Gasteiger partial charge in [0.2, 0.25) is 0 Å². The highest BCUT2D eigenvalue weighted by molar-refractivity contribution is 5.93. The average molecular weight is 261 g/mol. The van der Waals surface area contributed by atoms with Gasteiger partial charge in [-0.05, 0) is 44.7 Å². The molecule has 1 N–H and O–H groups in total. The number of amides is 1. The molecule has 0 aliphatic heterocycles. The molecule has 104 valence electrons. The molecule has 1 aliphatic carbocycles. The first kappa shape index (κ1) is 13.8. The van der Waals surface area contributed by atoms with E-state index in [1.807, 2.05) is 26.0 Å². The number of carbonyl (C=O) groups excluding carboxylic acids is 1. The average Bonchev–Trinajstić information content (AvgIpc) is 2.38. The van der Waals surface area contributed by atoms with Crippen molar-refractivity contribution < 1.29 is 4.79 Å². The van der Waals surface area contributed by atoms with Gasteiger partial charge in [-0.1, -0.05) is 6.42 Å². The molecular weight excluding hydrogens is 238 g/mol. The Kier molecular flexibility index (Phi) is 4.77. The highest BCUT2D eigenvalue weighted by atomic mass is 16.2. The zero-order valence-electron chi connectivity index (χ0n) is 11.9. The summed E-state index contributed by atoms with van der Waals surface area (Å²) in [5.74, 6) is 0.812. The fourth-order valence-corrected chi connectivity index (χ4v) is 2.29. The van der Waals surface area contributed by atoms with Crippen LogP contribution in [0.2, 0.25) is 0 Å². The summed E-state index contributed by atoms with van der Waals surface area (Å²) in [4.78, 5) is 18.2. The molecule has 0 saturated heterocycles. The summed E-state index contributed by atoms with van der Waals surface area (Å²) in [6, 6.07) is 3.79. The molecule has 0 unspecified atom stereocenters. The van der Waals surface area contributed by atoms with E-state index < -0.39 is 0 Å². The molecule has 0 spiro atoms. The van der Waals surface area contributed by atoms with Gasteiger partial charge in [-0.15, -0.1) is 0 Å². The normalized spacial score (nSPS) is 14.8. The SMILES string of the molecule is CCN(CC)C(=O)c1cc(NCC2CCC2)ccn1. The smallest absolute Gasteiger partial charge is 0.272 e. The topological polar surface area (TPSA) is 45.2 Å². The van der Waals surface area contributed by atoms with E-state index in [0.29, 0.717) is 5.69 Å². The van der Waals surface area contributed by atoms with Crippen LogP contribution in [-0.2, 0) is 0 Å². The minimum absolute atomic E-state index is 0.0114. The molecule has 0 aromatic carbocycles. The van der Waals surface area contributed by atoms with Crippen LogP contribution in [0.4, 0.5) is 5.69 Å². The number of carbonyl (C=O) groups is 1. The molecule has 1 aliphatic rings. The third kappa shape index (κ3) is 3.46. The number of hydrogen-bond acceptors (Lipinski definition) is 3. The molecule has 1 aromatic rings. The Bertz CT molecular complexity index is 425. The lowest BCUT2D eigenvalue weighted by Crippen LogP contribution is -2.31. The summed E-state index contributed by atoms with van der Waals surface area (Å²) in [6.07, 6.45) is 5.71. The monoisotopic (exact) mass is 261 g/mol. The molecule has 1 amide bonds. The second-order valence-corrected chi connectivity index (χ2v) is 5.09. The highest BCUT2D eigenvalue weighted by Crippen LogP contribution is 2.26. The Hall–Kier alpha value is -1.58. The van der Waals surface area contributed by atoms with E-state index in [-0.39, 0.29) is 5.91 Å². The first-order valence-corrected chi connectivity index (χ1v) is 7.23. The summed E-state index contributed by atoms with van der Waals surface area (Å²) in [6.45, 7) is 6.41. The van der Waals surface area contributed by atoms with Gasteiger partial charge in [0.05, 0.1) is 0 Å². The van der Waals surface area contributed by atoms with Crippen LogP contribution in [0.1, 0.15) is 43.6 Å². The molecule has 4 heteroatoms. The quantitative estimate of drug-likeness (QED) is 0.856. The van der Waals surface area contributed by atoms with Crippen LogP contribution in [0.15, 0.2) is 18.3 Å². The number of anilines is 1. The van der Waals surface area contributed by atoms with Gasteiger partial charge < -0.3 is 10.2 Å². The van der Waals surface area contributed by atoms with Crippen LogP contribution >= 0.6 is 0 Å². The maximum absolute atomic E-state index is 12.2. The van der Waals surface area contributed by atoms with Gasteiger partial charge >= 0.3 is 0 Å². The van der Waals surface area contributed by atoms with E-state index in [2.05, 4.69) is 10.3 Å². The number of nitrogens with zero attached hydrogens (tertiary/aromatic N) is 2. The van der Waals surface area contributed by atoms with E-state index in [4.69, 9.17) is 0 Å². The summed E-state index contributed by atoms with van der Waals surface area (Å²) in [7, 11) is 0. The van der Waals surface area contributed by atoms with Crippen molar-refractivity contribution in [1.82, 2.24) is 9.88 Å². The maximum Gasteiger partial charge on any atom is 0.272 e. The van der Waals surface area contributed by atoms with Crippen molar-refractivity contribution in [1.29, 1.82) is 0 Å². The van der Waals surface area contributed by atoms with E-state index in [9.17, 15) is 4.79 Å². The molecule has 1 aromatic heterocycles. The number of nitrogens with one attached hydrogen (secondary N) is 1. The van der Waals surface area contributed by atoms with E-state index in [0.717, 1.165) is 31.2 Å². The minimum atomic E-state index is 0.0114. The van der Waals surface area contributed by atoms with Crippen LogP contribution < -0.4 is 5.32 Å². The lowest BCUT2D eigenvalue weighted by atomic mass is 9.85. The first-order valence-electron chi connectivity index (χ1n) is 7.23. The van der Waals surface area contributed by atoms with Crippen molar-refractivity contribution in [2.24, 2.45) is 5.92 Å². The molecule has 1 fully saturated rings. The Morgan fingerprint density at radius 1 is 1.42 bits per heavy atom. The first-order chi connectivity index (χ1) is 9.24. The summed E-state index contributed by atoms with van der Waals surface area (Å²) >= 11 is 0. The number of pyridine rings is 1. The van der Waals surface area contributed by atoms with Gasteiger partial charge in [-0.2, -0.15) is 0 Å². The zero-order valence-corrected chi connectivity index (χ0v) is 11.9. The van der Waals surface area contributed by atoms with Gasteiger partial charge in [0.15, 0.2) is 0 Å². The molecule has 19 heavy (non-hydrogen) atoms. The van der Waals surface area contributed by atoms with Crippen LogP contribution in [0, 0.1) is 5.92 Å². The van der Waals surface area contributed by atoms with Crippen molar-refractivity contribution >= 4 is 11.6 Å². The molecule has 4 nitrogen and oxygen atoms in total. The summed E-state index contributed by atoms with van der Waals surface area (Å²) in [5.41, 5.74) is 1.53. The lowest BCUT2D eigenvalue weighted by Gasteiger charge is -2.26. The Morgan fingerprint density at radius 2 is 2.16 bits per heavy atom. The van der Waals surface area contributed by atoms with Crippen LogP contribution in [0.3, 0.4) is 0 Å². The van der Waals surface area contributed by atoms with Crippen LogP contribution in [0.5, 0.6) is 0 Å². The number of aromatic nitrogens is 1. The second-order valence-electron chi connectivity index (χ2n) is 5.09. The Balaban J connectivity index is 1.99. The molecule has 1 saturated carbocycles. The van der Waals surface area contributed by atoms with E-state index in [1.165, 1.54) is 19.3 Å². The van der Waals surface area contributed by atoms with Crippen molar-refractivity contribution in [3.05, 3.63) is 24.0 Å². The van der Waals surface area contributed by atoms with Gasteiger partial charge in [0, 0.05) is 31.5 Å². The van der Waals surface area contributed by atoms with Crippen molar-refractivity contribution in [2.45, 2.75) is 33.1 Å². The van der Waals surface area contributed by atoms with Gasteiger partial charge in [0.25, 0.3) is 5.91 Å². The van der Waals surface area contributed by atoms with E-state index >= 15 is 0 Å². The zero-order chi connectivity index (χ0) is 13.7. The maximum atomic E-state index is 12.2. The fourth-order valence-electron chi connectivity index (χ4n) is 2.29. The van der Waals surface area contributed by atoms with Gasteiger partial charge in [0.1, 0.15) is 5.69 Å². The third-order valence-electron chi connectivity index (χ3n) is 3.85. The standard InChI is InChI=1S/C15H23N3O/c1-3-18(4-2)15(19)14-10-13(8-9-16-14)17-11-12-6-5-7-12/h8-10,12H,3-7,11H2,1-2H3,(H,16,17). The van der Waals surface area contributed by atoms with Crippen LogP contribution in [0.25, 0.3) is 0 Å². The molecular formula is C15H23N3O. The third-order valence-corrected chi connectivity index (χ3v) is 3.85. The molecule has 1 heterocycles.